The van der Waals surface area contributed by atoms with E-state index in [1.807, 2.05) is 35.9 Å². The van der Waals surface area contributed by atoms with Crippen molar-refractivity contribution in [3.05, 3.63) is 47.8 Å². The number of nitrogens with one attached hydrogen (secondary N) is 2. The van der Waals surface area contributed by atoms with Gasteiger partial charge >= 0.3 is 6.18 Å². The lowest BCUT2D eigenvalue weighted by atomic mass is 9.91. The summed E-state index contributed by atoms with van der Waals surface area (Å²) in [6.45, 7) is 8.17. The van der Waals surface area contributed by atoms with Crippen LogP contribution in [-0.4, -0.2) is 45.8 Å². The van der Waals surface area contributed by atoms with Gasteiger partial charge in [0.15, 0.2) is 11.6 Å². The summed E-state index contributed by atoms with van der Waals surface area (Å²) in [5.74, 6) is 1.76. The van der Waals surface area contributed by atoms with Crippen molar-refractivity contribution in [3.63, 3.8) is 0 Å². The second-order valence-corrected chi connectivity index (χ2v) is 9.48. The molecule has 2 unspecified atom stereocenters. The zero-order valence-corrected chi connectivity index (χ0v) is 22.2. The zero-order chi connectivity index (χ0) is 26.8. The normalized spacial score (nSPS) is 17.3. The largest absolute Gasteiger partial charge is 0.389 e. The van der Waals surface area contributed by atoms with Crippen LogP contribution >= 0.6 is 0 Å². The lowest BCUT2D eigenvalue weighted by Gasteiger charge is -2.24. The molecule has 0 amide bonds. The first-order valence-electron chi connectivity index (χ1n) is 13.0. The third-order valence-corrected chi connectivity index (χ3v) is 6.75. The molecule has 2 heterocycles. The van der Waals surface area contributed by atoms with E-state index in [0.717, 1.165) is 43.5 Å². The summed E-state index contributed by atoms with van der Waals surface area (Å²) in [4.78, 5) is 0. The van der Waals surface area contributed by atoms with Crippen LogP contribution in [0.3, 0.4) is 0 Å². The SMILES string of the molecule is C/C=C\C(CCC(F)(F)F)OCc1nnc(-c2ccc(C(C)N/N=C(\CC)C3CCNCC3)cc2)n1C. The first-order chi connectivity index (χ1) is 17.7. The summed E-state index contributed by atoms with van der Waals surface area (Å²) in [6.07, 6.45) is 0.669. The van der Waals surface area contributed by atoms with Crippen molar-refractivity contribution in [2.75, 3.05) is 13.1 Å². The van der Waals surface area contributed by atoms with Crippen LogP contribution in [0.2, 0.25) is 0 Å². The molecule has 10 heteroatoms. The molecule has 2 aromatic rings. The molecule has 2 N–H and O–H groups in total. The maximum absolute atomic E-state index is 12.6. The van der Waals surface area contributed by atoms with Crippen LogP contribution in [0.15, 0.2) is 41.5 Å². The monoisotopic (exact) mass is 520 g/mol. The number of aromatic nitrogens is 3. The average molecular weight is 521 g/mol. The molecule has 0 radical (unpaired) electrons. The zero-order valence-electron chi connectivity index (χ0n) is 22.2. The van der Waals surface area contributed by atoms with Crippen molar-refractivity contribution in [1.82, 2.24) is 25.5 Å². The highest BCUT2D eigenvalue weighted by atomic mass is 19.4. The molecule has 3 rings (SSSR count). The van der Waals surface area contributed by atoms with Crippen molar-refractivity contribution in [3.8, 4) is 11.4 Å². The predicted octanol–water partition coefficient (Wildman–Crippen LogP) is 5.70. The number of rotatable bonds is 12. The fourth-order valence-electron chi connectivity index (χ4n) is 4.47. The molecular weight excluding hydrogens is 481 g/mol. The molecule has 37 heavy (non-hydrogen) atoms. The van der Waals surface area contributed by atoms with Gasteiger partial charge in [0.1, 0.15) is 6.61 Å². The lowest BCUT2D eigenvalue weighted by molar-refractivity contribution is -0.140. The van der Waals surface area contributed by atoms with Crippen LogP contribution in [-0.2, 0) is 18.4 Å². The number of hydrogen-bond acceptors (Lipinski definition) is 6. The summed E-state index contributed by atoms with van der Waals surface area (Å²) < 4.78 is 45.3. The van der Waals surface area contributed by atoms with E-state index in [9.17, 15) is 13.2 Å². The van der Waals surface area contributed by atoms with Crippen LogP contribution in [0.5, 0.6) is 0 Å². The standard InChI is InChI=1S/C27H39F3N6O/c1-5-7-23(12-15-27(28,29)30)37-18-25-34-35-26(36(25)4)22-10-8-20(9-11-22)19(3)32-33-24(6-2)21-13-16-31-17-14-21/h5,7-11,19,21,23,31-32H,6,12-18H2,1-4H3/b7-5-,33-24+. The Kier molecular flexibility index (Phi) is 10.7. The minimum absolute atomic E-state index is 0.0565. The van der Waals surface area contributed by atoms with Crippen LogP contribution in [0.1, 0.15) is 70.3 Å². The number of piperidine rings is 1. The van der Waals surface area contributed by atoms with E-state index in [0.29, 0.717) is 17.6 Å². The number of hydrogen-bond donors (Lipinski definition) is 2. The Morgan fingerprint density at radius 3 is 2.57 bits per heavy atom. The van der Waals surface area contributed by atoms with E-state index in [2.05, 4.69) is 34.8 Å². The molecule has 1 aliphatic rings. The second kappa shape index (κ2) is 13.7. The highest BCUT2D eigenvalue weighted by Crippen LogP contribution is 2.25. The quantitative estimate of drug-likeness (QED) is 0.213. The third kappa shape index (κ3) is 8.67. The van der Waals surface area contributed by atoms with E-state index >= 15 is 0 Å². The highest BCUT2D eigenvalue weighted by Gasteiger charge is 2.28. The number of ether oxygens (including phenoxy) is 1. The van der Waals surface area contributed by atoms with Gasteiger partial charge in [-0.1, -0.05) is 43.3 Å². The van der Waals surface area contributed by atoms with Gasteiger partial charge in [0.05, 0.1) is 12.1 Å². The number of nitrogens with zero attached hydrogens (tertiary/aromatic N) is 4. The van der Waals surface area contributed by atoms with Gasteiger partial charge in [0.25, 0.3) is 0 Å². The topological polar surface area (TPSA) is 76.4 Å². The Balaban J connectivity index is 1.60. The summed E-state index contributed by atoms with van der Waals surface area (Å²) in [5.41, 5.74) is 6.56. The average Bonchev–Trinajstić information content (AvgIpc) is 3.26. The second-order valence-electron chi connectivity index (χ2n) is 9.48. The van der Waals surface area contributed by atoms with E-state index < -0.39 is 18.7 Å². The Bertz CT molecular complexity index is 1030. The molecule has 1 fully saturated rings. The fourth-order valence-corrected chi connectivity index (χ4v) is 4.47. The van der Waals surface area contributed by atoms with Crippen LogP contribution < -0.4 is 10.7 Å². The number of benzene rings is 1. The molecule has 7 nitrogen and oxygen atoms in total. The summed E-state index contributed by atoms with van der Waals surface area (Å²) in [6, 6.07) is 8.13. The number of allylic oxidation sites excluding steroid dienone is 1. The van der Waals surface area contributed by atoms with Gasteiger partial charge < -0.3 is 20.0 Å². The smallest absolute Gasteiger partial charge is 0.366 e. The lowest BCUT2D eigenvalue weighted by Crippen LogP contribution is -2.32. The Morgan fingerprint density at radius 2 is 1.95 bits per heavy atom. The Hall–Kier alpha value is -2.72. The van der Waals surface area contributed by atoms with Crippen molar-refractivity contribution >= 4 is 5.71 Å². The number of alkyl halides is 3. The van der Waals surface area contributed by atoms with Gasteiger partial charge in [-0.3, -0.25) is 0 Å². The highest BCUT2D eigenvalue weighted by molar-refractivity contribution is 5.86. The van der Waals surface area contributed by atoms with Crippen LogP contribution in [0, 0.1) is 5.92 Å². The van der Waals surface area contributed by atoms with Crippen molar-refractivity contribution in [1.29, 1.82) is 0 Å². The minimum Gasteiger partial charge on any atom is -0.366 e. The molecule has 0 aliphatic carbocycles. The Labute approximate surface area is 217 Å². The molecule has 0 spiro atoms. The van der Waals surface area contributed by atoms with Crippen molar-refractivity contribution < 1.29 is 17.9 Å². The summed E-state index contributed by atoms with van der Waals surface area (Å²) >= 11 is 0. The van der Waals surface area contributed by atoms with Gasteiger partial charge in [-0.2, -0.15) is 18.3 Å². The van der Waals surface area contributed by atoms with Gasteiger partial charge in [-0.05, 0) is 58.2 Å². The summed E-state index contributed by atoms with van der Waals surface area (Å²) in [7, 11) is 1.83. The Morgan fingerprint density at radius 1 is 1.24 bits per heavy atom. The molecular formula is C27H39F3N6O. The molecule has 0 saturated carbocycles. The molecule has 1 saturated heterocycles. The first kappa shape index (κ1) is 28.8. The maximum atomic E-state index is 12.6. The van der Waals surface area contributed by atoms with E-state index in [4.69, 9.17) is 9.84 Å². The van der Waals surface area contributed by atoms with Crippen LogP contribution in [0.25, 0.3) is 11.4 Å². The molecule has 1 aromatic heterocycles. The van der Waals surface area contributed by atoms with E-state index in [1.165, 1.54) is 5.71 Å². The number of hydrazone groups is 1. The van der Waals surface area contributed by atoms with Crippen molar-refractivity contribution in [2.45, 2.75) is 77.8 Å². The summed E-state index contributed by atoms with van der Waals surface area (Å²) in [5, 5.41) is 16.6. The molecule has 1 aromatic carbocycles. The van der Waals surface area contributed by atoms with Gasteiger partial charge in [-0.25, -0.2) is 0 Å². The van der Waals surface area contributed by atoms with Gasteiger partial charge in [0.2, 0.25) is 0 Å². The van der Waals surface area contributed by atoms with Crippen molar-refractivity contribution in [2.24, 2.45) is 18.1 Å². The molecule has 2 atom stereocenters. The molecule has 0 bridgehead atoms. The molecule has 204 valence electrons. The third-order valence-electron chi connectivity index (χ3n) is 6.75. The van der Waals surface area contributed by atoms with E-state index in [1.54, 1.807) is 19.1 Å². The van der Waals surface area contributed by atoms with Gasteiger partial charge in [-0.15, -0.1) is 10.2 Å². The first-order valence-corrected chi connectivity index (χ1v) is 13.0. The van der Waals surface area contributed by atoms with Gasteiger partial charge in [0, 0.05) is 30.7 Å². The maximum Gasteiger partial charge on any atom is 0.389 e. The predicted molar refractivity (Wildman–Crippen MR) is 140 cm³/mol. The number of halogens is 3. The van der Waals surface area contributed by atoms with E-state index in [-0.39, 0.29) is 19.1 Å². The molecule has 1 aliphatic heterocycles. The fraction of sp³-hybridized carbons (Fsp3) is 0.593. The van der Waals surface area contributed by atoms with Crippen LogP contribution in [0.4, 0.5) is 13.2 Å². The minimum atomic E-state index is -4.21.